The van der Waals surface area contributed by atoms with Gasteiger partial charge < -0.3 is 10.2 Å². The van der Waals surface area contributed by atoms with Crippen molar-refractivity contribution < 1.29 is 4.79 Å². The van der Waals surface area contributed by atoms with Gasteiger partial charge in [-0.1, -0.05) is 20.4 Å². The average Bonchev–Trinajstić information content (AvgIpc) is 2.20. The molecular formula is C14H26N2O. The van der Waals surface area contributed by atoms with Crippen LogP contribution in [0.3, 0.4) is 0 Å². The predicted molar refractivity (Wildman–Crippen MR) is 71.9 cm³/mol. The summed E-state index contributed by atoms with van der Waals surface area (Å²) in [7, 11) is 2.15. The SMILES string of the molecule is C=C(C)C(=O)NC1CCN(C)C(C)(C)C1(C)C. The fourth-order valence-corrected chi connectivity index (χ4v) is 2.42. The molecule has 1 N–H and O–H groups in total. The summed E-state index contributed by atoms with van der Waals surface area (Å²) in [6, 6.07) is 0.206. The molecule has 0 aromatic heterocycles. The van der Waals surface area contributed by atoms with Crippen LogP contribution in [0.5, 0.6) is 0 Å². The van der Waals surface area contributed by atoms with Crippen molar-refractivity contribution in [2.75, 3.05) is 13.6 Å². The lowest BCUT2D eigenvalue weighted by atomic mass is 9.65. The Balaban J connectivity index is 2.88. The van der Waals surface area contributed by atoms with Crippen LogP contribution in [0.4, 0.5) is 0 Å². The molecular weight excluding hydrogens is 212 g/mol. The second kappa shape index (κ2) is 4.45. The first-order chi connectivity index (χ1) is 7.60. The zero-order valence-corrected chi connectivity index (χ0v) is 12.1. The summed E-state index contributed by atoms with van der Waals surface area (Å²) in [5.41, 5.74) is 0.682. The molecule has 3 heteroatoms. The topological polar surface area (TPSA) is 32.3 Å². The van der Waals surface area contributed by atoms with E-state index < -0.39 is 0 Å². The number of carbonyl (C=O) groups excluding carboxylic acids is 1. The van der Waals surface area contributed by atoms with E-state index in [0.717, 1.165) is 13.0 Å². The predicted octanol–water partition coefficient (Wildman–Crippen LogP) is 2.19. The molecule has 1 fully saturated rings. The smallest absolute Gasteiger partial charge is 0.246 e. The number of likely N-dealkylation sites (tertiary alicyclic amines) is 1. The summed E-state index contributed by atoms with van der Waals surface area (Å²) in [6.07, 6.45) is 0.992. The first-order valence-corrected chi connectivity index (χ1v) is 6.28. The summed E-state index contributed by atoms with van der Waals surface area (Å²) in [4.78, 5) is 14.1. The van der Waals surface area contributed by atoms with Gasteiger partial charge in [-0.15, -0.1) is 0 Å². The Morgan fingerprint density at radius 3 is 2.35 bits per heavy atom. The maximum atomic E-state index is 11.8. The van der Waals surface area contributed by atoms with Crippen molar-refractivity contribution in [2.45, 2.75) is 52.6 Å². The van der Waals surface area contributed by atoms with Gasteiger partial charge in [0, 0.05) is 29.1 Å². The zero-order valence-electron chi connectivity index (χ0n) is 12.1. The largest absolute Gasteiger partial charge is 0.349 e. The van der Waals surface area contributed by atoms with Crippen LogP contribution in [0.2, 0.25) is 0 Å². The fourth-order valence-electron chi connectivity index (χ4n) is 2.42. The Labute approximate surface area is 105 Å². The van der Waals surface area contributed by atoms with Gasteiger partial charge in [0.2, 0.25) is 5.91 Å². The Hall–Kier alpha value is -0.830. The molecule has 1 unspecified atom stereocenters. The van der Waals surface area contributed by atoms with Crippen molar-refractivity contribution in [1.82, 2.24) is 10.2 Å². The monoisotopic (exact) mass is 238 g/mol. The number of rotatable bonds is 2. The second-order valence-corrected chi connectivity index (χ2v) is 6.30. The van der Waals surface area contributed by atoms with Gasteiger partial charge in [-0.3, -0.25) is 4.79 Å². The minimum Gasteiger partial charge on any atom is -0.349 e. The summed E-state index contributed by atoms with van der Waals surface area (Å²) in [6.45, 7) is 15.4. The summed E-state index contributed by atoms with van der Waals surface area (Å²) in [5.74, 6) is -0.0246. The molecule has 0 saturated carbocycles. The van der Waals surface area contributed by atoms with Gasteiger partial charge in [0.15, 0.2) is 0 Å². The average molecular weight is 238 g/mol. The van der Waals surface area contributed by atoms with Crippen LogP contribution in [-0.2, 0) is 4.79 Å². The van der Waals surface area contributed by atoms with Gasteiger partial charge in [0.25, 0.3) is 0 Å². The van der Waals surface area contributed by atoms with E-state index in [4.69, 9.17) is 0 Å². The van der Waals surface area contributed by atoms with Crippen LogP contribution in [0.1, 0.15) is 41.0 Å². The molecule has 0 aliphatic carbocycles. The maximum absolute atomic E-state index is 11.8. The van der Waals surface area contributed by atoms with E-state index in [1.54, 1.807) is 6.92 Å². The minimum atomic E-state index is -0.0246. The molecule has 0 spiro atoms. The Morgan fingerprint density at radius 2 is 1.88 bits per heavy atom. The number of hydrogen-bond acceptors (Lipinski definition) is 2. The quantitative estimate of drug-likeness (QED) is 0.748. The number of piperidine rings is 1. The van der Waals surface area contributed by atoms with Gasteiger partial charge >= 0.3 is 0 Å². The molecule has 98 valence electrons. The number of hydrogen-bond donors (Lipinski definition) is 1. The first kappa shape index (κ1) is 14.2. The van der Waals surface area contributed by atoms with Crippen molar-refractivity contribution in [3.8, 4) is 0 Å². The highest BCUT2D eigenvalue weighted by atomic mass is 16.1. The number of carbonyl (C=O) groups is 1. The van der Waals surface area contributed by atoms with Crippen molar-refractivity contribution in [3.63, 3.8) is 0 Å². The number of nitrogens with zero attached hydrogens (tertiary/aromatic N) is 1. The van der Waals surface area contributed by atoms with Crippen LogP contribution in [-0.4, -0.2) is 36.0 Å². The Morgan fingerprint density at radius 1 is 1.35 bits per heavy atom. The van der Waals surface area contributed by atoms with E-state index in [9.17, 15) is 4.79 Å². The zero-order chi connectivity index (χ0) is 13.4. The van der Waals surface area contributed by atoms with Crippen LogP contribution in [0, 0.1) is 5.41 Å². The van der Waals surface area contributed by atoms with Gasteiger partial charge in [0.05, 0.1) is 0 Å². The normalized spacial score (nSPS) is 27.5. The van der Waals surface area contributed by atoms with E-state index in [1.165, 1.54) is 0 Å². The first-order valence-electron chi connectivity index (χ1n) is 6.28. The molecule has 0 bridgehead atoms. The van der Waals surface area contributed by atoms with Crippen LogP contribution in [0.15, 0.2) is 12.2 Å². The highest BCUT2D eigenvalue weighted by Gasteiger charge is 2.49. The van der Waals surface area contributed by atoms with E-state index in [-0.39, 0.29) is 22.9 Å². The van der Waals surface area contributed by atoms with Crippen LogP contribution in [0.25, 0.3) is 0 Å². The van der Waals surface area contributed by atoms with E-state index in [2.05, 4.69) is 51.5 Å². The molecule has 0 radical (unpaired) electrons. The lowest BCUT2D eigenvalue weighted by Crippen LogP contribution is -2.65. The maximum Gasteiger partial charge on any atom is 0.246 e. The number of amides is 1. The molecule has 1 aliphatic heterocycles. The number of nitrogens with one attached hydrogen (secondary N) is 1. The molecule has 1 rings (SSSR count). The van der Waals surface area contributed by atoms with E-state index in [0.29, 0.717) is 5.57 Å². The highest BCUT2D eigenvalue weighted by Crippen LogP contribution is 2.42. The molecule has 0 aromatic rings. The van der Waals surface area contributed by atoms with E-state index in [1.807, 2.05) is 0 Å². The standard InChI is InChI=1S/C14H26N2O/c1-10(2)12(17)15-11-8-9-16(7)14(5,6)13(11,3)4/h11H,1,8-9H2,2-7H3,(H,15,17). The van der Waals surface area contributed by atoms with Crippen molar-refractivity contribution >= 4 is 5.91 Å². The van der Waals surface area contributed by atoms with Crippen molar-refractivity contribution in [1.29, 1.82) is 0 Å². The van der Waals surface area contributed by atoms with Crippen LogP contribution < -0.4 is 5.32 Å². The summed E-state index contributed by atoms with van der Waals surface area (Å²) < 4.78 is 0. The van der Waals surface area contributed by atoms with Gasteiger partial charge in [0.1, 0.15) is 0 Å². The molecule has 1 heterocycles. The molecule has 1 aliphatic rings. The summed E-state index contributed by atoms with van der Waals surface area (Å²) in [5, 5.41) is 3.12. The lowest BCUT2D eigenvalue weighted by molar-refractivity contribution is -0.121. The summed E-state index contributed by atoms with van der Waals surface area (Å²) >= 11 is 0. The lowest BCUT2D eigenvalue weighted by Gasteiger charge is -2.56. The molecule has 1 amide bonds. The Bertz CT molecular complexity index is 331. The minimum absolute atomic E-state index is 0.0246. The fraction of sp³-hybridized carbons (Fsp3) is 0.786. The van der Waals surface area contributed by atoms with E-state index >= 15 is 0 Å². The van der Waals surface area contributed by atoms with Gasteiger partial charge in [-0.25, -0.2) is 0 Å². The second-order valence-electron chi connectivity index (χ2n) is 6.30. The van der Waals surface area contributed by atoms with Crippen molar-refractivity contribution in [2.24, 2.45) is 5.41 Å². The molecule has 0 aromatic carbocycles. The molecule has 17 heavy (non-hydrogen) atoms. The third-order valence-electron chi connectivity index (χ3n) is 4.85. The van der Waals surface area contributed by atoms with Crippen LogP contribution >= 0.6 is 0 Å². The molecule has 1 saturated heterocycles. The third-order valence-corrected chi connectivity index (χ3v) is 4.85. The van der Waals surface area contributed by atoms with Gasteiger partial charge in [-0.05, 0) is 34.2 Å². The third kappa shape index (κ3) is 2.39. The Kier molecular flexibility index (Phi) is 3.72. The molecule has 1 atom stereocenters. The molecule has 3 nitrogen and oxygen atoms in total. The van der Waals surface area contributed by atoms with Gasteiger partial charge in [-0.2, -0.15) is 0 Å². The van der Waals surface area contributed by atoms with Crippen molar-refractivity contribution in [3.05, 3.63) is 12.2 Å². The highest BCUT2D eigenvalue weighted by molar-refractivity contribution is 5.92.